The summed E-state index contributed by atoms with van der Waals surface area (Å²) in [5, 5.41) is 17.4. The molecule has 42 heavy (non-hydrogen) atoms. The minimum atomic E-state index is -0.204. The van der Waals surface area contributed by atoms with Gasteiger partial charge in [0.15, 0.2) is 13.6 Å². The van der Waals surface area contributed by atoms with E-state index in [1.54, 1.807) is 18.2 Å². The molecule has 0 radical (unpaired) electrons. The van der Waals surface area contributed by atoms with E-state index in [1.165, 1.54) is 4.68 Å². The number of aromatic nitrogens is 3. The van der Waals surface area contributed by atoms with E-state index in [1.807, 2.05) is 17.0 Å². The van der Waals surface area contributed by atoms with Gasteiger partial charge in [0.1, 0.15) is 17.0 Å². The molecule has 11 nitrogen and oxygen atoms in total. The van der Waals surface area contributed by atoms with E-state index in [-0.39, 0.29) is 31.7 Å². The summed E-state index contributed by atoms with van der Waals surface area (Å²) >= 11 is 0. The molecule has 0 bridgehead atoms. The first-order chi connectivity index (χ1) is 20.6. The zero-order valence-electron chi connectivity index (χ0n) is 23.2. The molecule has 0 aliphatic carbocycles. The number of likely N-dealkylation sites (tertiary alicyclic amines) is 1. The van der Waals surface area contributed by atoms with Crippen LogP contribution in [0.3, 0.4) is 0 Å². The van der Waals surface area contributed by atoms with Crippen LogP contribution < -0.4 is 9.47 Å². The lowest BCUT2D eigenvalue weighted by Crippen LogP contribution is -2.48. The molecule has 1 amide bonds. The Kier molecular flexibility index (Phi) is 6.95. The summed E-state index contributed by atoms with van der Waals surface area (Å²) in [7, 11) is 2.16. The molecule has 0 atom stereocenters. The van der Waals surface area contributed by atoms with Crippen molar-refractivity contribution in [1.29, 1.82) is 5.26 Å². The molecule has 3 aromatic carbocycles. The van der Waals surface area contributed by atoms with E-state index in [2.05, 4.69) is 52.6 Å². The third-order valence-electron chi connectivity index (χ3n) is 8.39. The van der Waals surface area contributed by atoms with Crippen molar-refractivity contribution in [3.8, 4) is 17.6 Å². The molecule has 0 saturated carbocycles. The number of hydrogen-bond acceptors (Lipinski definition) is 9. The molecule has 4 aromatic rings. The molecule has 7 rings (SSSR count). The zero-order chi connectivity index (χ0) is 28.6. The van der Waals surface area contributed by atoms with Crippen molar-refractivity contribution < 1.29 is 23.7 Å². The molecule has 3 aliphatic heterocycles. The zero-order valence-corrected chi connectivity index (χ0v) is 23.2. The molecule has 0 spiro atoms. The molecule has 0 N–H and O–H groups in total. The van der Waals surface area contributed by atoms with Gasteiger partial charge in [-0.2, -0.15) is 9.94 Å². The van der Waals surface area contributed by atoms with E-state index in [0.29, 0.717) is 42.9 Å². The molecule has 214 valence electrons. The fraction of sp³-hybridized carbons (Fsp3) is 0.355. The van der Waals surface area contributed by atoms with Gasteiger partial charge in [0.05, 0.1) is 36.4 Å². The Morgan fingerprint density at radius 1 is 0.952 bits per heavy atom. The number of rotatable bonds is 4. The van der Waals surface area contributed by atoms with Crippen LogP contribution in [0, 0.1) is 11.3 Å². The van der Waals surface area contributed by atoms with E-state index in [0.717, 1.165) is 46.6 Å². The van der Waals surface area contributed by atoms with E-state index in [9.17, 15) is 4.79 Å². The highest BCUT2D eigenvalue weighted by atomic mass is 16.7. The number of nitriles is 1. The summed E-state index contributed by atoms with van der Waals surface area (Å²) in [4.78, 5) is 17.7. The number of carbonyl (C=O) groups excluding carboxylic acids is 1. The van der Waals surface area contributed by atoms with Gasteiger partial charge in [0, 0.05) is 30.3 Å². The van der Waals surface area contributed by atoms with Crippen LogP contribution in [0.5, 0.6) is 11.5 Å². The maximum atomic E-state index is 13.4. The van der Waals surface area contributed by atoms with Crippen molar-refractivity contribution in [3.63, 3.8) is 0 Å². The molecule has 3 aliphatic rings. The number of piperidine rings is 1. The van der Waals surface area contributed by atoms with Crippen LogP contribution in [-0.2, 0) is 22.7 Å². The summed E-state index contributed by atoms with van der Waals surface area (Å²) in [5.41, 5.74) is 5.96. The van der Waals surface area contributed by atoms with Gasteiger partial charge in [0.2, 0.25) is 0 Å². The van der Waals surface area contributed by atoms with Crippen LogP contribution in [0.4, 0.5) is 4.79 Å². The molecule has 4 heterocycles. The average molecular weight is 567 g/mol. The van der Waals surface area contributed by atoms with Gasteiger partial charge in [-0.15, -0.1) is 5.10 Å². The Hall–Kier alpha value is -4.50. The van der Waals surface area contributed by atoms with Crippen LogP contribution in [0.1, 0.15) is 46.7 Å². The minimum absolute atomic E-state index is 0.0368. The normalized spacial score (nSPS) is 17.0. The van der Waals surface area contributed by atoms with E-state index in [4.69, 9.17) is 24.2 Å². The fourth-order valence-electron chi connectivity index (χ4n) is 6.17. The second kappa shape index (κ2) is 11.1. The molecule has 0 unspecified atom stereocenters. The number of ether oxygens (including phenoxy) is 4. The van der Waals surface area contributed by atoms with E-state index < -0.39 is 0 Å². The Morgan fingerprint density at radius 2 is 1.60 bits per heavy atom. The van der Waals surface area contributed by atoms with Crippen LogP contribution in [0.25, 0.3) is 11.0 Å². The molecular weight excluding hydrogens is 536 g/mol. The van der Waals surface area contributed by atoms with Crippen molar-refractivity contribution >= 4 is 17.1 Å². The van der Waals surface area contributed by atoms with Crippen LogP contribution in [0.15, 0.2) is 54.6 Å². The topological polar surface area (TPSA) is 115 Å². The highest BCUT2D eigenvalue weighted by Crippen LogP contribution is 2.37. The van der Waals surface area contributed by atoms with Crippen molar-refractivity contribution in [3.05, 3.63) is 82.4 Å². The van der Waals surface area contributed by atoms with Crippen molar-refractivity contribution in [1.82, 2.24) is 24.8 Å². The summed E-state index contributed by atoms with van der Waals surface area (Å²) in [6.45, 7) is 2.75. The first-order valence-electron chi connectivity index (χ1n) is 14.0. The predicted molar refractivity (Wildman–Crippen MR) is 151 cm³/mol. The lowest BCUT2D eigenvalue weighted by Gasteiger charge is -2.41. The maximum absolute atomic E-state index is 13.4. The summed E-state index contributed by atoms with van der Waals surface area (Å²) < 4.78 is 23.8. The second-order valence-corrected chi connectivity index (χ2v) is 10.8. The fourth-order valence-corrected chi connectivity index (χ4v) is 6.17. The summed E-state index contributed by atoms with van der Waals surface area (Å²) in [5.74, 6) is 1.71. The lowest BCUT2D eigenvalue weighted by molar-refractivity contribution is -0.0164. The Labute approximate surface area is 242 Å². The third kappa shape index (κ3) is 4.83. The predicted octanol–water partition coefficient (Wildman–Crippen LogP) is 4.19. The Morgan fingerprint density at radius 3 is 2.21 bits per heavy atom. The average Bonchev–Trinajstić information content (AvgIpc) is 3.47. The summed E-state index contributed by atoms with van der Waals surface area (Å²) in [6.07, 6.45) is 1.61. The van der Waals surface area contributed by atoms with Gasteiger partial charge >= 0.3 is 6.03 Å². The third-order valence-corrected chi connectivity index (χ3v) is 8.39. The Bertz CT molecular complexity index is 1630. The molecule has 1 aromatic heterocycles. The number of amides is 1. The number of carbonyl (C=O) groups is 1. The highest BCUT2D eigenvalue weighted by molar-refractivity contribution is 5.88. The van der Waals surface area contributed by atoms with Gasteiger partial charge < -0.3 is 23.8 Å². The first kappa shape index (κ1) is 26.4. The number of hydrogen-bond donors (Lipinski definition) is 0. The van der Waals surface area contributed by atoms with Gasteiger partial charge in [-0.05, 0) is 73.5 Å². The van der Waals surface area contributed by atoms with Crippen LogP contribution in [-0.4, -0.2) is 70.6 Å². The van der Waals surface area contributed by atoms with Crippen molar-refractivity contribution in [2.45, 2.75) is 38.1 Å². The van der Waals surface area contributed by atoms with Gasteiger partial charge in [-0.3, -0.25) is 4.90 Å². The van der Waals surface area contributed by atoms with Gasteiger partial charge in [-0.1, -0.05) is 17.3 Å². The molecule has 1 saturated heterocycles. The van der Waals surface area contributed by atoms with Crippen LogP contribution in [0.2, 0.25) is 0 Å². The van der Waals surface area contributed by atoms with Gasteiger partial charge in [0.25, 0.3) is 0 Å². The maximum Gasteiger partial charge on any atom is 0.346 e. The lowest BCUT2D eigenvalue weighted by atomic mass is 9.91. The van der Waals surface area contributed by atoms with Gasteiger partial charge in [-0.25, -0.2) is 4.79 Å². The standard InChI is InChI=1S/C31H30N6O5/c1-35(25-8-10-36(11-9-25)31(38)37-27-5-2-20(15-32)12-26(27)33-34-37)30(21-3-6-28-23(13-21)16-39-18-41-28)22-4-7-29-24(14-22)17-40-19-42-29/h2-7,12-14,25,30H,8-11,16-19H2,1H3. The van der Waals surface area contributed by atoms with Crippen molar-refractivity contribution in [2.75, 3.05) is 33.7 Å². The summed E-state index contributed by atoms with van der Waals surface area (Å²) in [6, 6.07) is 19.8. The van der Waals surface area contributed by atoms with E-state index >= 15 is 0 Å². The smallest absolute Gasteiger partial charge is 0.346 e. The second-order valence-electron chi connectivity index (χ2n) is 10.8. The highest BCUT2D eigenvalue weighted by Gasteiger charge is 2.32. The monoisotopic (exact) mass is 566 g/mol. The Balaban J connectivity index is 1.13. The molecule has 11 heteroatoms. The molecule has 1 fully saturated rings. The largest absolute Gasteiger partial charge is 0.467 e. The quantitative estimate of drug-likeness (QED) is 0.359. The number of fused-ring (bicyclic) bond motifs is 3. The number of nitrogens with zero attached hydrogens (tertiary/aromatic N) is 6. The SMILES string of the molecule is CN(C1CCN(C(=O)n2nnc3cc(C#N)ccc32)CC1)C(c1ccc2c(c1)COCO2)c1ccc2c(c1)COCO2. The molecular formula is C31H30N6O5. The van der Waals surface area contributed by atoms with Crippen LogP contribution >= 0.6 is 0 Å². The minimum Gasteiger partial charge on any atom is -0.467 e. The number of benzene rings is 3. The van der Waals surface area contributed by atoms with Crippen molar-refractivity contribution in [2.24, 2.45) is 0 Å². The first-order valence-corrected chi connectivity index (χ1v) is 14.0.